The number of unbranched alkanes of at least 4 members (excludes halogenated alkanes) is 1. The summed E-state index contributed by atoms with van der Waals surface area (Å²) in [5.41, 5.74) is 0.648. The SMILES string of the molecule is CCNC(C)(CCCCN(C)c1ccccc1)C(=O)OC. The fraction of sp³-hybridized carbons (Fsp3) is 0.588. The molecule has 1 aromatic carbocycles. The molecule has 0 aliphatic carbocycles. The van der Waals surface area contributed by atoms with E-state index in [0.717, 1.165) is 32.4 Å². The summed E-state index contributed by atoms with van der Waals surface area (Å²) in [4.78, 5) is 14.1. The molecule has 0 saturated heterocycles. The van der Waals surface area contributed by atoms with Gasteiger partial charge < -0.3 is 15.0 Å². The third-order valence-electron chi connectivity index (χ3n) is 3.82. The zero-order chi connectivity index (χ0) is 15.7. The van der Waals surface area contributed by atoms with E-state index in [4.69, 9.17) is 4.74 Å². The molecule has 0 radical (unpaired) electrons. The number of rotatable bonds is 9. The van der Waals surface area contributed by atoms with Crippen molar-refractivity contribution in [2.24, 2.45) is 0 Å². The zero-order valence-corrected chi connectivity index (χ0v) is 13.7. The maximum Gasteiger partial charge on any atom is 0.325 e. The Bertz CT molecular complexity index is 422. The van der Waals surface area contributed by atoms with Crippen molar-refractivity contribution in [2.75, 3.05) is 32.1 Å². The summed E-state index contributed by atoms with van der Waals surface area (Å²) in [5, 5.41) is 3.24. The number of nitrogens with zero attached hydrogens (tertiary/aromatic N) is 1. The Balaban J connectivity index is 2.39. The molecule has 1 N–H and O–H groups in total. The predicted octanol–water partition coefficient (Wildman–Crippen LogP) is 2.83. The van der Waals surface area contributed by atoms with Crippen molar-refractivity contribution in [1.82, 2.24) is 5.32 Å². The number of carbonyl (C=O) groups excluding carboxylic acids is 1. The van der Waals surface area contributed by atoms with Crippen LogP contribution in [-0.2, 0) is 9.53 Å². The average Bonchev–Trinajstić information content (AvgIpc) is 2.51. The molecule has 21 heavy (non-hydrogen) atoms. The third kappa shape index (κ3) is 5.38. The van der Waals surface area contributed by atoms with Crippen molar-refractivity contribution in [3.05, 3.63) is 30.3 Å². The van der Waals surface area contributed by atoms with Crippen molar-refractivity contribution in [3.8, 4) is 0 Å². The van der Waals surface area contributed by atoms with Gasteiger partial charge in [-0.1, -0.05) is 25.1 Å². The van der Waals surface area contributed by atoms with Gasteiger partial charge in [0, 0.05) is 19.3 Å². The lowest BCUT2D eigenvalue weighted by Gasteiger charge is -2.28. The highest BCUT2D eigenvalue weighted by atomic mass is 16.5. The number of para-hydroxylation sites is 1. The number of hydrogen-bond donors (Lipinski definition) is 1. The van der Waals surface area contributed by atoms with Gasteiger partial charge in [-0.05, 0) is 44.9 Å². The normalized spacial score (nSPS) is 13.5. The van der Waals surface area contributed by atoms with Crippen molar-refractivity contribution < 1.29 is 9.53 Å². The predicted molar refractivity (Wildman–Crippen MR) is 87.7 cm³/mol. The molecule has 1 aromatic rings. The molecule has 4 heteroatoms. The molecular formula is C17H28N2O2. The van der Waals surface area contributed by atoms with E-state index in [2.05, 4.69) is 29.4 Å². The van der Waals surface area contributed by atoms with Crippen LogP contribution >= 0.6 is 0 Å². The summed E-state index contributed by atoms with van der Waals surface area (Å²) < 4.78 is 4.90. The molecule has 1 unspecified atom stereocenters. The van der Waals surface area contributed by atoms with Crippen LogP contribution in [0.3, 0.4) is 0 Å². The Morgan fingerprint density at radius 1 is 1.29 bits per heavy atom. The standard InChI is InChI=1S/C17H28N2O2/c1-5-18-17(2,16(20)21-4)13-9-10-14-19(3)15-11-7-6-8-12-15/h6-8,11-12,18H,5,9-10,13-14H2,1-4H3. The van der Waals surface area contributed by atoms with Gasteiger partial charge >= 0.3 is 5.97 Å². The van der Waals surface area contributed by atoms with Crippen molar-refractivity contribution >= 4 is 11.7 Å². The Morgan fingerprint density at radius 3 is 2.52 bits per heavy atom. The van der Waals surface area contributed by atoms with Crippen molar-refractivity contribution in [3.63, 3.8) is 0 Å². The lowest BCUT2D eigenvalue weighted by Crippen LogP contribution is -2.50. The van der Waals surface area contributed by atoms with Gasteiger partial charge in [0.05, 0.1) is 7.11 Å². The average molecular weight is 292 g/mol. The number of esters is 1. The molecule has 0 heterocycles. The number of benzene rings is 1. The summed E-state index contributed by atoms with van der Waals surface area (Å²) >= 11 is 0. The first-order valence-corrected chi connectivity index (χ1v) is 7.63. The molecule has 1 rings (SSSR count). The lowest BCUT2D eigenvalue weighted by atomic mass is 9.94. The van der Waals surface area contributed by atoms with Crippen molar-refractivity contribution in [2.45, 2.75) is 38.6 Å². The first kappa shape index (κ1) is 17.5. The van der Waals surface area contributed by atoms with Crippen LogP contribution in [0.1, 0.15) is 33.1 Å². The monoisotopic (exact) mass is 292 g/mol. The number of likely N-dealkylation sites (N-methyl/N-ethyl adjacent to an activating group) is 1. The molecule has 0 spiro atoms. The Morgan fingerprint density at radius 2 is 1.95 bits per heavy atom. The molecule has 0 saturated carbocycles. The molecule has 0 aliphatic heterocycles. The van der Waals surface area contributed by atoms with Crippen LogP contribution < -0.4 is 10.2 Å². The van der Waals surface area contributed by atoms with E-state index in [1.807, 2.05) is 32.0 Å². The largest absolute Gasteiger partial charge is 0.468 e. The van der Waals surface area contributed by atoms with E-state index >= 15 is 0 Å². The Hall–Kier alpha value is -1.55. The minimum Gasteiger partial charge on any atom is -0.468 e. The van der Waals surface area contributed by atoms with Crippen LogP contribution in [0.5, 0.6) is 0 Å². The maximum atomic E-state index is 11.9. The number of nitrogens with one attached hydrogen (secondary N) is 1. The van der Waals surface area contributed by atoms with Gasteiger partial charge in [0.25, 0.3) is 0 Å². The maximum absolute atomic E-state index is 11.9. The third-order valence-corrected chi connectivity index (χ3v) is 3.82. The van der Waals surface area contributed by atoms with Gasteiger partial charge in [-0.3, -0.25) is 4.79 Å². The second-order valence-corrected chi connectivity index (χ2v) is 5.57. The molecule has 0 fully saturated rings. The number of carbonyl (C=O) groups is 1. The number of ether oxygens (including phenoxy) is 1. The number of hydrogen-bond acceptors (Lipinski definition) is 4. The van der Waals surface area contributed by atoms with Gasteiger partial charge in [0.15, 0.2) is 0 Å². The highest BCUT2D eigenvalue weighted by Gasteiger charge is 2.32. The molecule has 0 bridgehead atoms. The smallest absolute Gasteiger partial charge is 0.325 e. The molecule has 118 valence electrons. The molecule has 0 aromatic heterocycles. The highest BCUT2D eigenvalue weighted by molar-refractivity contribution is 5.80. The summed E-state index contributed by atoms with van der Waals surface area (Å²) in [6.07, 6.45) is 2.81. The van der Waals surface area contributed by atoms with Crippen LogP contribution in [0.15, 0.2) is 30.3 Å². The van der Waals surface area contributed by atoms with Crippen LogP contribution in [-0.4, -0.2) is 38.8 Å². The van der Waals surface area contributed by atoms with Gasteiger partial charge in [-0.25, -0.2) is 0 Å². The van der Waals surface area contributed by atoms with Crippen LogP contribution in [0.25, 0.3) is 0 Å². The molecule has 1 atom stereocenters. The number of methoxy groups -OCH3 is 1. The molecule has 0 aliphatic rings. The van der Waals surface area contributed by atoms with Crippen LogP contribution in [0, 0.1) is 0 Å². The zero-order valence-electron chi connectivity index (χ0n) is 13.7. The summed E-state index contributed by atoms with van der Waals surface area (Å²) in [6.45, 7) is 5.66. The second kappa shape index (κ2) is 8.67. The van der Waals surface area contributed by atoms with Gasteiger partial charge in [-0.2, -0.15) is 0 Å². The van der Waals surface area contributed by atoms with Crippen molar-refractivity contribution in [1.29, 1.82) is 0 Å². The number of anilines is 1. The van der Waals surface area contributed by atoms with E-state index in [-0.39, 0.29) is 5.97 Å². The summed E-state index contributed by atoms with van der Waals surface area (Å²) in [5.74, 6) is -0.180. The summed E-state index contributed by atoms with van der Waals surface area (Å²) in [6, 6.07) is 10.3. The van der Waals surface area contributed by atoms with Gasteiger partial charge in [0.1, 0.15) is 5.54 Å². The van der Waals surface area contributed by atoms with E-state index in [0.29, 0.717) is 0 Å². The van der Waals surface area contributed by atoms with E-state index in [1.54, 1.807) is 0 Å². The van der Waals surface area contributed by atoms with Crippen LogP contribution in [0.2, 0.25) is 0 Å². The first-order valence-electron chi connectivity index (χ1n) is 7.63. The topological polar surface area (TPSA) is 41.6 Å². The van der Waals surface area contributed by atoms with E-state index in [9.17, 15) is 4.79 Å². The van der Waals surface area contributed by atoms with Gasteiger partial charge in [-0.15, -0.1) is 0 Å². The van der Waals surface area contributed by atoms with Gasteiger partial charge in [0.2, 0.25) is 0 Å². The van der Waals surface area contributed by atoms with E-state index < -0.39 is 5.54 Å². The Labute approximate surface area is 128 Å². The minimum absolute atomic E-state index is 0.180. The Kier molecular flexibility index (Phi) is 7.23. The molecule has 0 amide bonds. The molecular weight excluding hydrogens is 264 g/mol. The fourth-order valence-corrected chi connectivity index (χ4v) is 2.52. The van der Waals surface area contributed by atoms with E-state index in [1.165, 1.54) is 12.8 Å². The molecule has 4 nitrogen and oxygen atoms in total. The quantitative estimate of drug-likeness (QED) is 0.561. The first-order chi connectivity index (χ1) is 10.0. The second-order valence-electron chi connectivity index (χ2n) is 5.57. The van der Waals surface area contributed by atoms with Crippen LogP contribution in [0.4, 0.5) is 5.69 Å². The highest BCUT2D eigenvalue weighted by Crippen LogP contribution is 2.17. The minimum atomic E-state index is -0.575. The lowest BCUT2D eigenvalue weighted by molar-refractivity contribution is -0.148. The fourth-order valence-electron chi connectivity index (χ4n) is 2.52. The summed E-state index contributed by atoms with van der Waals surface area (Å²) in [7, 11) is 3.54.